The lowest BCUT2D eigenvalue weighted by atomic mass is 10.2. The molecule has 0 spiro atoms. The van der Waals surface area contributed by atoms with Gasteiger partial charge < -0.3 is 10.5 Å². The molecule has 0 fully saturated rings. The molecule has 0 amide bonds. The van der Waals surface area contributed by atoms with Gasteiger partial charge in [-0.25, -0.2) is 0 Å². The molecule has 2 N–H and O–H groups in total. The summed E-state index contributed by atoms with van der Waals surface area (Å²) in [5.41, 5.74) is 6.67. The van der Waals surface area contributed by atoms with Crippen LogP contribution in [-0.2, 0) is 13.0 Å². The van der Waals surface area contributed by atoms with E-state index in [1.54, 1.807) is 29.5 Å². The standard InChI is InChI=1S/C14H14N2OS/c1-2-12-4-5-13(18-12)9-17-14-6-3-11(16)7-10(14)8-15/h3-7H,2,9,16H2,1H3. The van der Waals surface area contributed by atoms with Gasteiger partial charge in [-0.3, -0.25) is 0 Å². The summed E-state index contributed by atoms with van der Waals surface area (Å²) in [5.74, 6) is 0.582. The van der Waals surface area contributed by atoms with Crippen molar-refractivity contribution >= 4 is 17.0 Å². The molecule has 0 unspecified atom stereocenters. The highest BCUT2D eigenvalue weighted by molar-refractivity contribution is 7.11. The Hall–Kier alpha value is -1.99. The fourth-order valence-electron chi connectivity index (χ4n) is 1.60. The van der Waals surface area contributed by atoms with Crippen molar-refractivity contribution in [3.05, 3.63) is 45.6 Å². The van der Waals surface area contributed by atoms with Gasteiger partial charge in [0, 0.05) is 15.4 Å². The van der Waals surface area contributed by atoms with Gasteiger partial charge in [0.25, 0.3) is 0 Å². The molecule has 92 valence electrons. The average molecular weight is 258 g/mol. The number of nitrogens with zero attached hydrogens (tertiary/aromatic N) is 1. The highest BCUT2D eigenvalue weighted by atomic mass is 32.1. The maximum absolute atomic E-state index is 9.00. The monoisotopic (exact) mass is 258 g/mol. The van der Waals surface area contributed by atoms with E-state index in [0.717, 1.165) is 11.3 Å². The van der Waals surface area contributed by atoms with E-state index in [-0.39, 0.29) is 0 Å². The van der Waals surface area contributed by atoms with E-state index in [4.69, 9.17) is 15.7 Å². The van der Waals surface area contributed by atoms with E-state index < -0.39 is 0 Å². The van der Waals surface area contributed by atoms with Crippen molar-refractivity contribution in [2.45, 2.75) is 20.0 Å². The lowest BCUT2D eigenvalue weighted by molar-refractivity contribution is 0.309. The van der Waals surface area contributed by atoms with Crippen LogP contribution in [-0.4, -0.2) is 0 Å². The maximum Gasteiger partial charge on any atom is 0.137 e. The van der Waals surface area contributed by atoms with Crippen LogP contribution in [0.4, 0.5) is 5.69 Å². The number of benzene rings is 1. The third kappa shape index (κ3) is 2.82. The Morgan fingerprint density at radius 3 is 2.72 bits per heavy atom. The van der Waals surface area contributed by atoms with Crippen molar-refractivity contribution in [2.24, 2.45) is 0 Å². The van der Waals surface area contributed by atoms with Crippen molar-refractivity contribution in [3.63, 3.8) is 0 Å². The first-order valence-corrected chi connectivity index (χ1v) is 6.54. The van der Waals surface area contributed by atoms with Crippen molar-refractivity contribution in [1.82, 2.24) is 0 Å². The van der Waals surface area contributed by atoms with Crippen molar-refractivity contribution in [2.75, 3.05) is 5.73 Å². The molecule has 2 rings (SSSR count). The van der Waals surface area contributed by atoms with Crippen molar-refractivity contribution < 1.29 is 4.74 Å². The number of nitriles is 1. The molecule has 1 heterocycles. The van der Waals surface area contributed by atoms with Crippen LogP contribution in [0, 0.1) is 11.3 Å². The molecular formula is C14H14N2OS. The van der Waals surface area contributed by atoms with Crippen LogP contribution in [0.15, 0.2) is 30.3 Å². The second-order valence-electron chi connectivity index (χ2n) is 3.88. The third-order valence-corrected chi connectivity index (χ3v) is 3.76. The Morgan fingerprint density at radius 2 is 2.06 bits per heavy atom. The molecule has 0 saturated heterocycles. The summed E-state index contributed by atoms with van der Waals surface area (Å²) < 4.78 is 5.66. The minimum absolute atomic E-state index is 0.474. The van der Waals surface area contributed by atoms with E-state index >= 15 is 0 Å². The number of aryl methyl sites for hydroxylation is 1. The number of nitrogen functional groups attached to an aromatic ring is 1. The minimum Gasteiger partial charge on any atom is -0.487 e. The summed E-state index contributed by atoms with van der Waals surface area (Å²) in [6.45, 7) is 2.62. The zero-order valence-corrected chi connectivity index (χ0v) is 11.0. The Morgan fingerprint density at radius 1 is 1.28 bits per heavy atom. The molecule has 1 aromatic carbocycles. The van der Waals surface area contributed by atoms with Gasteiger partial charge in [0.2, 0.25) is 0 Å². The zero-order chi connectivity index (χ0) is 13.0. The molecule has 0 aliphatic rings. The number of ether oxygens (including phenoxy) is 1. The predicted octanol–water partition coefficient (Wildman–Crippen LogP) is 3.34. The third-order valence-electron chi connectivity index (χ3n) is 2.56. The predicted molar refractivity (Wildman–Crippen MR) is 73.6 cm³/mol. The molecular weight excluding hydrogens is 244 g/mol. The maximum atomic E-state index is 9.00. The van der Waals surface area contributed by atoms with E-state index in [2.05, 4.69) is 25.1 Å². The molecule has 3 nitrogen and oxygen atoms in total. The molecule has 2 aromatic rings. The van der Waals surface area contributed by atoms with Gasteiger partial charge in [0.05, 0.1) is 5.56 Å². The number of anilines is 1. The van der Waals surface area contributed by atoms with Crippen LogP contribution >= 0.6 is 11.3 Å². The largest absolute Gasteiger partial charge is 0.487 e. The topological polar surface area (TPSA) is 59.0 Å². The van der Waals surface area contributed by atoms with Crippen LogP contribution in [0.25, 0.3) is 0 Å². The van der Waals surface area contributed by atoms with Gasteiger partial charge in [-0.05, 0) is 36.8 Å². The summed E-state index contributed by atoms with van der Waals surface area (Å²) >= 11 is 1.74. The number of thiophene rings is 1. The quantitative estimate of drug-likeness (QED) is 0.856. The fourth-order valence-corrected chi connectivity index (χ4v) is 2.47. The molecule has 0 aliphatic carbocycles. The Bertz CT molecular complexity index is 584. The van der Waals surface area contributed by atoms with Crippen molar-refractivity contribution in [1.29, 1.82) is 5.26 Å². The second-order valence-corrected chi connectivity index (χ2v) is 5.13. The highest BCUT2D eigenvalue weighted by Gasteiger charge is 2.05. The van der Waals surface area contributed by atoms with Gasteiger partial charge >= 0.3 is 0 Å². The number of nitrogens with two attached hydrogens (primary N) is 1. The van der Waals surface area contributed by atoms with E-state index in [9.17, 15) is 0 Å². The molecule has 0 aliphatic heterocycles. The first kappa shape index (κ1) is 12.5. The van der Waals surface area contributed by atoms with E-state index in [1.165, 1.54) is 4.88 Å². The van der Waals surface area contributed by atoms with Gasteiger partial charge in [0.15, 0.2) is 0 Å². The summed E-state index contributed by atoms with van der Waals surface area (Å²) in [5, 5.41) is 9.00. The number of hydrogen-bond acceptors (Lipinski definition) is 4. The van der Waals surface area contributed by atoms with Gasteiger partial charge in [-0.1, -0.05) is 6.92 Å². The molecule has 4 heteroatoms. The Labute approximate surface area is 110 Å². The van der Waals surface area contributed by atoms with Gasteiger partial charge in [0.1, 0.15) is 18.4 Å². The van der Waals surface area contributed by atoms with Crippen LogP contribution in [0.3, 0.4) is 0 Å². The molecule has 0 radical (unpaired) electrons. The molecule has 1 aromatic heterocycles. The number of hydrogen-bond donors (Lipinski definition) is 1. The first-order chi connectivity index (χ1) is 8.72. The zero-order valence-electron chi connectivity index (χ0n) is 10.1. The lowest BCUT2D eigenvalue weighted by Gasteiger charge is -2.06. The lowest BCUT2D eigenvalue weighted by Crippen LogP contribution is -1.96. The Kier molecular flexibility index (Phi) is 3.85. The summed E-state index contributed by atoms with van der Waals surface area (Å²) in [6, 6.07) is 11.4. The molecule has 0 bridgehead atoms. The molecule has 0 saturated carbocycles. The summed E-state index contributed by atoms with van der Waals surface area (Å²) in [6.07, 6.45) is 1.04. The minimum atomic E-state index is 0.474. The molecule has 18 heavy (non-hydrogen) atoms. The van der Waals surface area contributed by atoms with Crippen LogP contribution in [0.1, 0.15) is 22.2 Å². The van der Waals surface area contributed by atoms with Gasteiger partial charge in [-0.2, -0.15) is 5.26 Å². The van der Waals surface area contributed by atoms with Crippen LogP contribution in [0.5, 0.6) is 5.75 Å². The summed E-state index contributed by atoms with van der Waals surface area (Å²) in [4.78, 5) is 2.50. The highest BCUT2D eigenvalue weighted by Crippen LogP contribution is 2.23. The summed E-state index contributed by atoms with van der Waals surface area (Å²) in [7, 11) is 0. The SMILES string of the molecule is CCc1ccc(COc2ccc(N)cc2C#N)s1. The van der Waals surface area contributed by atoms with E-state index in [0.29, 0.717) is 23.6 Å². The smallest absolute Gasteiger partial charge is 0.137 e. The number of rotatable bonds is 4. The van der Waals surface area contributed by atoms with Crippen LogP contribution in [0.2, 0.25) is 0 Å². The van der Waals surface area contributed by atoms with Crippen LogP contribution < -0.4 is 10.5 Å². The second kappa shape index (κ2) is 5.56. The Balaban J connectivity index is 2.08. The fraction of sp³-hybridized carbons (Fsp3) is 0.214. The normalized spacial score (nSPS) is 10.0. The molecule has 0 atom stereocenters. The van der Waals surface area contributed by atoms with Gasteiger partial charge in [-0.15, -0.1) is 11.3 Å². The van der Waals surface area contributed by atoms with E-state index in [1.807, 2.05) is 0 Å². The first-order valence-electron chi connectivity index (χ1n) is 5.73. The van der Waals surface area contributed by atoms with Crippen molar-refractivity contribution in [3.8, 4) is 11.8 Å². The average Bonchev–Trinajstić information content (AvgIpc) is 2.85.